The van der Waals surface area contributed by atoms with Gasteiger partial charge < -0.3 is 10.1 Å². The van der Waals surface area contributed by atoms with E-state index in [0.717, 1.165) is 25.7 Å². The Morgan fingerprint density at radius 2 is 2.13 bits per heavy atom. The summed E-state index contributed by atoms with van der Waals surface area (Å²) in [6.45, 7) is 5.35. The number of amides is 2. The van der Waals surface area contributed by atoms with Gasteiger partial charge in [0, 0.05) is 18.3 Å². The van der Waals surface area contributed by atoms with Crippen molar-refractivity contribution >= 4 is 17.6 Å². The van der Waals surface area contributed by atoms with Crippen LogP contribution < -0.4 is 15.0 Å². The molecule has 2 aliphatic rings. The van der Waals surface area contributed by atoms with Gasteiger partial charge in [-0.1, -0.05) is 12.8 Å². The van der Waals surface area contributed by atoms with Gasteiger partial charge in [0.25, 0.3) is 17.4 Å². The maximum Gasteiger partial charge on any atom is 0.282 e. The Bertz CT molecular complexity index is 625. The number of carbonyl (C=O) groups is 2. The van der Waals surface area contributed by atoms with E-state index in [1.807, 2.05) is 13.8 Å². The summed E-state index contributed by atoms with van der Waals surface area (Å²) in [5.74, 6) is 0.201. The number of hydrogen-bond donors (Lipinski definition) is 1. The van der Waals surface area contributed by atoms with Gasteiger partial charge in [0.15, 0.2) is 11.6 Å². The fraction of sp³-hybridized carbons (Fsp3) is 0.588. The van der Waals surface area contributed by atoms with Crippen LogP contribution in [0.2, 0.25) is 0 Å². The Hall–Kier alpha value is -2.11. The van der Waals surface area contributed by atoms with Crippen molar-refractivity contribution < 1.29 is 14.3 Å². The smallest absolute Gasteiger partial charge is 0.282 e. The first kappa shape index (κ1) is 15.8. The van der Waals surface area contributed by atoms with Crippen molar-refractivity contribution in [3.05, 3.63) is 18.3 Å². The van der Waals surface area contributed by atoms with Gasteiger partial charge in [-0.2, -0.15) is 0 Å². The Morgan fingerprint density at radius 1 is 1.43 bits per heavy atom. The number of aromatic nitrogens is 1. The van der Waals surface area contributed by atoms with Crippen molar-refractivity contribution in [3.63, 3.8) is 0 Å². The molecule has 6 nitrogen and oxygen atoms in total. The van der Waals surface area contributed by atoms with Gasteiger partial charge in [-0.3, -0.25) is 14.5 Å². The molecule has 1 aliphatic carbocycles. The van der Waals surface area contributed by atoms with Gasteiger partial charge >= 0.3 is 0 Å². The molecular weight excluding hydrogens is 294 g/mol. The minimum absolute atomic E-state index is 0.112. The Kier molecular flexibility index (Phi) is 4.00. The number of hydrogen-bond acceptors (Lipinski definition) is 4. The maximum absolute atomic E-state index is 13.0. The third-order valence-corrected chi connectivity index (χ3v) is 4.56. The van der Waals surface area contributed by atoms with E-state index in [9.17, 15) is 9.59 Å². The zero-order valence-electron chi connectivity index (χ0n) is 13.8. The predicted molar refractivity (Wildman–Crippen MR) is 86.3 cm³/mol. The molecule has 2 amide bonds. The highest BCUT2D eigenvalue weighted by Gasteiger charge is 2.52. The summed E-state index contributed by atoms with van der Waals surface area (Å²) >= 11 is 0. The molecule has 23 heavy (non-hydrogen) atoms. The molecule has 1 N–H and O–H groups in total. The number of carbonyl (C=O) groups excluding carboxylic acids is 2. The maximum atomic E-state index is 13.0. The molecule has 0 saturated heterocycles. The molecule has 3 rings (SSSR count). The number of nitrogens with zero attached hydrogens (tertiary/aromatic N) is 2. The highest BCUT2D eigenvalue weighted by Crippen LogP contribution is 2.37. The molecule has 124 valence electrons. The van der Waals surface area contributed by atoms with Crippen molar-refractivity contribution in [2.75, 3.05) is 4.90 Å². The SMILES string of the molecule is CC(C)N1C(=O)[C@@](C)(C(=O)NC2CCCC2)Oc2cccnc21. The lowest BCUT2D eigenvalue weighted by Crippen LogP contribution is -2.64. The van der Waals surface area contributed by atoms with E-state index < -0.39 is 5.60 Å². The molecule has 1 atom stereocenters. The van der Waals surface area contributed by atoms with E-state index in [2.05, 4.69) is 10.3 Å². The largest absolute Gasteiger partial charge is 0.464 e. The van der Waals surface area contributed by atoms with E-state index in [4.69, 9.17) is 4.74 Å². The Balaban J connectivity index is 1.92. The van der Waals surface area contributed by atoms with Crippen molar-refractivity contribution in [2.45, 2.75) is 64.1 Å². The fourth-order valence-corrected chi connectivity index (χ4v) is 3.25. The van der Waals surface area contributed by atoms with E-state index in [-0.39, 0.29) is 23.9 Å². The molecule has 0 aromatic carbocycles. The summed E-state index contributed by atoms with van der Waals surface area (Å²) < 4.78 is 5.82. The number of nitrogens with one attached hydrogen (secondary N) is 1. The molecule has 0 radical (unpaired) electrons. The summed E-state index contributed by atoms with van der Waals surface area (Å²) in [5, 5.41) is 2.98. The second-order valence-corrected chi connectivity index (χ2v) is 6.68. The monoisotopic (exact) mass is 317 g/mol. The first-order valence-corrected chi connectivity index (χ1v) is 8.22. The van der Waals surface area contributed by atoms with Crippen molar-refractivity contribution in [1.29, 1.82) is 0 Å². The van der Waals surface area contributed by atoms with Crippen LogP contribution in [0.4, 0.5) is 5.82 Å². The van der Waals surface area contributed by atoms with Gasteiger partial charge in [-0.25, -0.2) is 4.98 Å². The molecule has 0 spiro atoms. The predicted octanol–water partition coefficient (Wildman–Crippen LogP) is 2.03. The minimum Gasteiger partial charge on any atom is -0.464 e. The molecule has 1 aromatic heterocycles. The van der Waals surface area contributed by atoms with Crippen LogP contribution in [0.3, 0.4) is 0 Å². The van der Waals surface area contributed by atoms with Crippen molar-refractivity contribution in [1.82, 2.24) is 10.3 Å². The van der Waals surface area contributed by atoms with Crippen LogP contribution in [-0.2, 0) is 9.59 Å². The quantitative estimate of drug-likeness (QED) is 0.866. The van der Waals surface area contributed by atoms with E-state index >= 15 is 0 Å². The summed E-state index contributed by atoms with van der Waals surface area (Å²) in [4.78, 5) is 31.5. The molecule has 1 fully saturated rings. The highest BCUT2D eigenvalue weighted by molar-refractivity contribution is 6.16. The number of ether oxygens (including phenoxy) is 1. The zero-order chi connectivity index (χ0) is 16.6. The van der Waals surface area contributed by atoms with E-state index in [1.54, 1.807) is 30.2 Å². The molecule has 1 aliphatic heterocycles. The lowest BCUT2D eigenvalue weighted by atomic mass is 9.99. The third kappa shape index (κ3) is 2.66. The van der Waals surface area contributed by atoms with Crippen molar-refractivity contribution in [2.24, 2.45) is 0 Å². The average Bonchev–Trinajstić information content (AvgIpc) is 3.01. The first-order chi connectivity index (χ1) is 10.9. The molecule has 1 saturated carbocycles. The van der Waals surface area contributed by atoms with Gasteiger partial charge in [0.2, 0.25) is 0 Å². The second kappa shape index (κ2) is 5.83. The van der Waals surface area contributed by atoms with Crippen LogP contribution in [0, 0.1) is 0 Å². The number of pyridine rings is 1. The molecule has 1 aromatic rings. The molecule has 0 bridgehead atoms. The van der Waals surface area contributed by atoms with E-state index in [0.29, 0.717) is 11.6 Å². The Labute approximate surface area is 136 Å². The topological polar surface area (TPSA) is 71.5 Å². The number of anilines is 1. The molecule has 2 heterocycles. The Morgan fingerprint density at radius 3 is 2.78 bits per heavy atom. The highest BCUT2D eigenvalue weighted by atomic mass is 16.5. The lowest BCUT2D eigenvalue weighted by molar-refractivity contribution is -0.149. The van der Waals surface area contributed by atoms with E-state index in [1.165, 1.54) is 0 Å². The summed E-state index contributed by atoms with van der Waals surface area (Å²) in [7, 11) is 0. The van der Waals surface area contributed by atoms with Crippen LogP contribution in [0.1, 0.15) is 46.5 Å². The standard InChI is InChI=1S/C17H23N3O3/c1-11(2)20-14-13(9-6-10-18-14)23-17(3,16(20)22)15(21)19-12-7-4-5-8-12/h6,9-12H,4-5,7-8H2,1-3H3,(H,19,21)/t17-/m1/s1. The number of fused-ring (bicyclic) bond motifs is 1. The average molecular weight is 317 g/mol. The lowest BCUT2D eigenvalue weighted by Gasteiger charge is -2.40. The van der Waals surface area contributed by atoms with Crippen LogP contribution in [-0.4, -0.2) is 34.5 Å². The van der Waals surface area contributed by atoms with Crippen LogP contribution in [0.25, 0.3) is 0 Å². The van der Waals surface area contributed by atoms with Gasteiger partial charge in [-0.05, 0) is 45.7 Å². The first-order valence-electron chi connectivity index (χ1n) is 8.22. The van der Waals surface area contributed by atoms with Crippen molar-refractivity contribution in [3.8, 4) is 5.75 Å². The summed E-state index contributed by atoms with van der Waals surface area (Å²) in [6, 6.07) is 3.51. The fourth-order valence-electron chi connectivity index (χ4n) is 3.25. The second-order valence-electron chi connectivity index (χ2n) is 6.68. The summed E-state index contributed by atoms with van der Waals surface area (Å²) in [5.41, 5.74) is -1.55. The number of rotatable bonds is 3. The normalized spacial score (nSPS) is 24.5. The summed E-state index contributed by atoms with van der Waals surface area (Å²) in [6.07, 6.45) is 5.76. The van der Waals surface area contributed by atoms with Gasteiger partial charge in [-0.15, -0.1) is 0 Å². The third-order valence-electron chi connectivity index (χ3n) is 4.56. The molecule has 6 heteroatoms. The molecular formula is C17H23N3O3. The van der Waals surface area contributed by atoms with Crippen LogP contribution >= 0.6 is 0 Å². The minimum atomic E-state index is -1.55. The van der Waals surface area contributed by atoms with Crippen LogP contribution in [0.15, 0.2) is 18.3 Å². The van der Waals surface area contributed by atoms with Gasteiger partial charge in [0.1, 0.15) is 0 Å². The van der Waals surface area contributed by atoms with Gasteiger partial charge in [0.05, 0.1) is 0 Å². The van der Waals surface area contributed by atoms with Crippen LogP contribution in [0.5, 0.6) is 5.75 Å². The molecule has 0 unspecified atom stereocenters. The zero-order valence-corrected chi connectivity index (χ0v) is 13.8.